The van der Waals surface area contributed by atoms with Crippen LogP contribution >= 0.6 is 0 Å². The number of benzene rings is 1. The Labute approximate surface area is 105 Å². The lowest BCUT2D eigenvalue weighted by Crippen LogP contribution is -2.24. The topological polar surface area (TPSA) is 40.5 Å². The van der Waals surface area contributed by atoms with E-state index in [0.717, 1.165) is 5.56 Å². The zero-order valence-electron chi connectivity index (χ0n) is 10.4. The molecule has 0 aliphatic heterocycles. The van der Waals surface area contributed by atoms with Crippen LogP contribution in [-0.4, -0.2) is 36.0 Å². The predicted octanol–water partition coefficient (Wildman–Crippen LogP) is 2.57. The van der Waals surface area contributed by atoms with Crippen LogP contribution in [0.25, 0.3) is 0 Å². The number of carboxylic acids is 1. The standard InChI is InChI=1S/C13H17F2NO2/c1-9(13(17)18)11-5-3-10(4-6-11)7-16(2)8-12(14)15/h3-6,9,12H,7-8H2,1-2H3,(H,17,18). The molecule has 0 aliphatic carbocycles. The minimum absolute atomic E-state index is 0.271. The van der Waals surface area contributed by atoms with E-state index in [1.54, 1.807) is 38.2 Å². The van der Waals surface area contributed by atoms with E-state index in [9.17, 15) is 13.6 Å². The number of aliphatic carboxylic acids is 1. The molecule has 0 bridgehead atoms. The minimum Gasteiger partial charge on any atom is -0.481 e. The largest absolute Gasteiger partial charge is 0.481 e. The Kier molecular flexibility index (Phi) is 5.22. The van der Waals surface area contributed by atoms with Gasteiger partial charge in [-0.3, -0.25) is 9.69 Å². The maximum atomic E-state index is 12.1. The molecule has 3 nitrogen and oxygen atoms in total. The van der Waals surface area contributed by atoms with Crippen molar-refractivity contribution < 1.29 is 18.7 Å². The van der Waals surface area contributed by atoms with Crippen molar-refractivity contribution in [1.29, 1.82) is 0 Å². The highest BCUT2D eigenvalue weighted by molar-refractivity contribution is 5.75. The molecule has 1 rings (SSSR count). The van der Waals surface area contributed by atoms with Gasteiger partial charge in [0.1, 0.15) is 0 Å². The minimum atomic E-state index is -2.35. The first kappa shape index (κ1) is 14.6. The Morgan fingerprint density at radius 3 is 2.33 bits per heavy atom. The molecule has 0 saturated carbocycles. The highest BCUT2D eigenvalue weighted by atomic mass is 19.3. The second-order valence-corrected chi connectivity index (χ2v) is 4.39. The summed E-state index contributed by atoms with van der Waals surface area (Å²) in [6.07, 6.45) is -2.35. The lowest BCUT2D eigenvalue weighted by Gasteiger charge is -2.16. The van der Waals surface area contributed by atoms with Gasteiger partial charge >= 0.3 is 5.97 Å². The van der Waals surface area contributed by atoms with Crippen molar-refractivity contribution in [2.75, 3.05) is 13.6 Å². The fourth-order valence-electron chi connectivity index (χ4n) is 1.67. The number of hydrogen-bond donors (Lipinski definition) is 1. The van der Waals surface area contributed by atoms with Crippen molar-refractivity contribution in [1.82, 2.24) is 4.90 Å². The van der Waals surface area contributed by atoms with Crippen LogP contribution in [0.4, 0.5) is 8.78 Å². The molecule has 0 fully saturated rings. The molecule has 0 radical (unpaired) electrons. The molecule has 0 amide bonds. The van der Waals surface area contributed by atoms with E-state index in [1.807, 2.05) is 0 Å². The van der Waals surface area contributed by atoms with Crippen LogP contribution in [-0.2, 0) is 11.3 Å². The second kappa shape index (κ2) is 6.44. The summed E-state index contributed by atoms with van der Waals surface area (Å²) in [6, 6.07) is 7.00. The van der Waals surface area contributed by atoms with Crippen molar-refractivity contribution in [3.05, 3.63) is 35.4 Å². The van der Waals surface area contributed by atoms with Crippen molar-refractivity contribution in [2.45, 2.75) is 25.8 Å². The summed E-state index contributed by atoms with van der Waals surface area (Å²) in [6.45, 7) is 1.76. The molecule has 1 unspecified atom stereocenters. The number of carbonyl (C=O) groups is 1. The molecule has 1 aromatic rings. The molecule has 100 valence electrons. The highest BCUT2D eigenvalue weighted by Crippen LogP contribution is 2.16. The van der Waals surface area contributed by atoms with Crippen molar-refractivity contribution in [3.8, 4) is 0 Å². The molecule has 1 N–H and O–H groups in total. The monoisotopic (exact) mass is 257 g/mol. The van der Waals surface area contributed by atoms with Gasteiger partial charge in [0.2, 0.25) is 0 Å². The number of halogens is 2. The third-order valence-corrected chi connectivity index (χ3v) is 2.75. The van der Waals surface area contributed by atoms with E-state index in [-0.39, 0.29) is 6.54 Å². The first-order valence-corrected chi connectivity index (χ1v) is 5.68. The van der Waals surface area contributed by atoms with Crippen LogP contribution in [0.2, 0.25) is 0 Å². The zero-order valence-corrected chi connectivity index (χ0v) is 10.4. The molecule has 18 heavy (non-hydrogen) atoms. The van der Waals surface area contributed by atoms with Crippen molar-refractivity contribution >= 4 is 5.97 Å². The molecule has 0 aromatic heterocycles. The molecule has 1 aromatic carbocycles. The van der Waals surface area contributed by atoms with Gasteiger partial charge in [-0.15, -0.1) is 0 Å². The van der Waals surface area contributed by atoms with E-state index in [2.05, 4.69) is 0 Å². The molecular formula is C13H17F2NO2. The SMILES string of the molecule is CC(C(=O)O)c1ccc(CN(C)CC(F)F)cc1. The van der Waals surface area contributed by atoms with Gasteiger partial charge in [0.25, 0.3) is 6.43 Å². The molecule has 0 spiro atoms. The van der Waals surface area contributed by atoms with Crippen LogP contribution in [0.15, 0.2) is 24.3 Å². The number of carboxylic acid groups (broad SMARTS) is 1. The molecule has 0 saturated heterocycles. The normalized spacial score (nSPS) is 13.0. The van der Waals surface area contributed by atoms with E-state index >= 15 is 0 Å². The molecule has 5 heteroatoms. The Morgan fingerprint density at radius 2 is 1.89 bits per heavy atom. The van der Waals surface area contributed by atoms with Gasteiger partial charge in [-0.25, -0.2) is 8.78 Å². The Bertz CT molecular complexity index is 392. The first-order valence-electron chi connectivity index (χ1n) is 5.68. The van der Waals surface area contributed by atoms with Gasteiger partial charge in [0.15, 0.2) is 0 Å². The van der Waals surface area contributed by atoms with Gasteiger partial charge in [-0.1, -0.05) is 24.3 Å². The fraction of sp³-hybridized carbons (Fsp3) is 0.462. The number of nitrogens with zero attached hydrogens (tertiary/aromatic N) is 1. The maximum absolute atomic E-state index is 12.1. The summed E-state index contributed by atoms with van der Waals surface area (Å²) in [5.74, 6) is -1.43. The lowest BCUT2D eigenvalue weighted by atomic mass is 10.00. The van der Waals surface area contributed by atoms with Gasteiger partial charge in [-0.2, -0.15) is 0 Å². The fourth-order valence-corrected chi connectivity index (χ4v) is 1.67. The van der Waals surface area contributed by atoms with Crippen molar-refractivity contribution in [3.63, 3.8) is 0 Å². The van der Waals surface area contributed by atoms with Crippen molar-refractivity contribution in [2.24, 2.45) is 0 Å². The third kappa shape index (κ3) is 4.41. The smallest absolute Gasteiger partial charge is 0.310 e. The average Bonchev–Trinajstić information content (AvgIpc) is 2.27. The van der Waals surface area contributed by atoms with E-state index < -0.39 is 18.3 Å². The lowest BCUT2D eigenvalue weighted by molar-refractivity contribution is -0.138. The van der Waals surface area contributed by atoms with E-state index in [0.29, 0.717) is 12.1 Å². The van der Waals surface area contributed by atoms with E-state index in [1.165, 1.54) is 4.90 Å². The summed E-state index contributed by atoms with van der Waals surface area (Å²) in [5, 5.41) is 8.86. The van der Waals surface area contributed by atoms with Crippen LogP contribution < -0.4 is 0 Å². The molecule has 0 heterocycles. The van der Waals surface area contributed by atoms with Crippen LogP contribution in [0.5, 0.6) is 0 Å². The van der Waals surface area contributed by atoms with E-state index in [4.69, 9.17) is 5.11 Å². The molecule has 0 aliphatic rings. The quantitative estimate of drug-likeness (QED) is 0.851. The predicted molar refractivity (Wildman–Crippen MR) is 64.8 cm³/mol. The average molecular weight is 257 g/mol. The number of rotatable bonds is 6. The second-order valence-electron chi connectivity index (χ2n) is 4.39. The zero-order chi connectivity index (χ0) is 13.7. The van der Waals surface area contributed by atoms with Gasteiger partial charge in [0.05, 0.1) is 12.5 Å². The molecule has 1 atom stereocenters. The third-order valence-electron chi connectivity index (χ3n) is 2.75. The van der Waals surface area contributed by atoms with Gasteiger partial charge in [0, 0.05) is 6.54 Å². The number of hydrogen-bond acceptors (Lipinski definition) is 2. The highest BCUT2D eigenvalue weighted by Gasteiger charge is 2.13. The molecular weight excluding hydrogens is 240 g/mol. The van der Waals surface area contributed by atoms with Gasteiger partial charge in [-0.05, 0) is 25.1 Å². The summed E-state index contributed by atoms with van der Waals surface area (Å²) in [7, 11) is 1.62. The van der Waals surface area contributed by atoms with Crippen LogP contribution in [0, 0.1) is 0 Å². The Morgan fingerprint density at radius 1 is 1.33 bits per heavy atom. The first-order chi connectivity index (χ1) is 8.40. The van der Waals surface area contributed by atoms with Crippen LogP contribution in [0.1, 0.15) is 24.0 Å². The maximum Gasteiger partial charge on any atom is 0.310 e. The Hall–Kier alpha value is -1.49. The van der Waals surface area contributed by atoms with Gasteiger partial charge < -0.3 is 5.11 Å². The Balaban J connectivity index is 2.63. The summed E-state index contributed by atoms with van der Waals surface area (Å²) in [5.41, 5.74) is 1.60. The van der Waals surface area contributed by atoms with Crippen LogP contribution in [0.3, 0.4) is 0 Å². The summed E-state index contributed by atoms with van der Waals surface area (Å²) in [4.78, 5) is 12.3. The number of alkyl halides is 2. The summed E-state index contributed by atoms with van der Waals surface area (Å²) < 4.78 is 24.3. The summed E-state index contributed by atoms with van der Waals surface area (Å²) >= 11 is 0.